The summed E-state index contributed by atoms with van der Waals surface area (Å²) in [7, 11) is 0. The molecule has 0 radical (unpaired) electrons. The van der Waals surface area contributed by atoms with E-state index in [9.17, 15) is 4.79 Å². The van der Waals surface area contributed by atoms with E-state index in [1.807, 2.05) is 6.92 Å². The molecule has 0 spiro atoms. The molecule has 0 aromatic carbocycles. The number of nitrogens with one attached hydrogen (secondary N) is 2. The fraction of sp³-hybridized carbons (Fsp3) is 0.933. The van der Waals surface area contributed by atoms with E-state index in [-0.39, 0.29) is 18.0 Å². The largest absolute Gasteiger partial charge is 0.351 e. The summed E-state index contributed by atoms with van der Waals surface area (Å²) in [6.07, 6.45) is 3.97. The number of piperidine rings is 1. The van der Waals surface area contributed by atoms with E-state index >= 15 is 0 Å². The molecule has 2 heterocycles. The van der Waals surface area contributed by atoms with Gasteiger partial charge in [-0.1, -0.05) is 6.42 Å². The van der Waals surface area contributed by atoms with Crippen molar-refractivity contribution in [2.75, 3.05) is 45.8 Å². The Morgan fingerprint density at radius 2 is 1.75 bits per heavy atom. The van der Waals surface area contributed by atoms with Crippen LogP contribution in [0.3, 0.4) is 0 Å². The van der Waals surface area contributed by atoms with Crippen LogP contribution in [-0.2, 0) is 4.79 Å². The molecule has 116 valence electrons. The highest BCUT2D eigenvalue weighted by Crippen LogP contribution is 2.09. The van der Waals surface area contributed by atoms with Crippen LogP contribution in [0.2, 0.25) is 0 Å². The molecule has 2 aliphatic heterocycles. The maximum absolute atomic E-state index is 12.3. The van der Waals surface area contributed by atoms with Gasteiger partial charge in [-0.05, 0) is 39.8 Å². The van der Waals surface area contributed by atoms with Gasteiger partial charge in [0.15, 0.2) is 0 Å². The first kappa shape index (κ1) is 15.7. The Labute approximate surface area is 123 Å². The van der Waals surface area contributed by atoms with E-state index in [1.54, 1.807) is 0 Å². The van der Waals surface area contributed by atoms with Crippen molar-refractivity contribution < 1.29 is 4.79 Å². The van der Waals surface area contributed by atoms with Gasteiger partial charge >= 0.3 is 0 Å². The monoisotopic (exact) mass is 282 g/mol. The summed E-state index contributed by atoms with van der Waals surface area (Å²) in [5.41, 5.74) is 0. The van der Waals surface area contributed by atoms with Crippen LogP contribution in [0.4, 0.5) is 0 Å². The van der Waals surface area contributed by atoms with Crippen molar-refractivity contribution in [3.05, 3.63) is 0 Å². The van der Waals surface area contributed by atoms with Crippen molar-refractivity contribution in [2.24, 2.45) is 0 Å². The maximum atomic E-state index is 12.3. The normalized spacial score (nSPS) is 25.1. The molecule has 20 heavy (non-hydrogen) atoms. The molecule has 0 aromatic rings. The van der Waals surface area contributed by atoms with Gasteiger partial charge in [0.25, 0.3) is 0 Å². The first-order valence-electron chi connectivity index (χ1n) is 8.14. The zero-order valence-electron chi connectivity index (χ0n) is 13.0. The highest BCUT2D eigenvalue weighted by Gasteiger charge is 2.24. The van der Waals surface area contributed by atoms with Crippen LogP contribution in [0.1, 0.15) is 33.1 Å². The topological polar surface area (TPSA) is 47.6 Å². The van der Waals surface area contributed by atoms with Crippen LogP contribution in [0.15, 0.2) is 0 Å². The second kappa shape index (κ2) is 7.96. The SMILES string of the molecule is CC(CN1CCCCC1)NC(=O)C(C)N1CCNCC1. The van der Waals surface area contributed by atoms with E-state index < -0.39 is 0 Å². The fourth-order valence-electron chi connectivity index (χ4n) is 3.17. The number of hydrogen-bond donors (Lipinski definition) is 2. The highest BCUT2D eigenvalue weighted by molar-refractivity contribution is 5.81. The molecule has 2 N–H and O–H groups in total. The summed E-state index contributed by atoms with van der Waals surface area (Å²) < 4.78 is 0. The lowest BCUT2D eigenvalue weighted by atomic mass is 10.1. The van der Waals surface area contributed by atoms with Gasteiger partial charge in [0.05, 0.1) is 6.04 Å². The molecule has 5 heteroatoms. The number of hydrogen-bond acceptors (Lipinski definition) is 4. The second-order valence-electron chi connectivity index (χ2n) is 6.23. The lowest BCUT2D eigenvalue weighted by Crippen LogP contribution is -2.54. The van der Waals surface area contributed by atoms with Crippen molar-refractivity contribution in [3.63, 3.8) is 0 Å². The number of rotatable bonds is 5. The minimum atomic E-state index is -0.0131. The van der Waals surface area contributed by atoms with Gasteiger partial charge in [-0.15, -0.1) is 0 Å². The molecule has 2 unspecified atom stereocenters. The zero-order valence-corrected chi connectivity index (χ0v) is 13.0. The van der Waals surface area contributed by atoms with Gasteiger partial charge in [0.2, 0.25) is 5.91 Å². The number of carbonyl (C=O) groups is 1. The lowest BCUT2D eigenvalue weighted by Gasteiger charge is -2.33. The van der Waals surface area contributed by atoms with E-state index in [0.717, 1.165) is 32.7 Å². The molecule has 2 saturated heterocycles. The van der Waals surface area contributed by atoms with Crippen LogP contribution in [0, 0.1) is 0 Å². The van der Waals surface area contributed by atoms with Crippen LogP contribution in [0.25, 0.3) is 0 Å². The van der Waals surface area contributed by atoms with Crippen LogP contribution in [0.5, 0.6) is 0 Å². The smallest absolute Gasteiger partial charge is 0.237 e. The lowest BCUT2D eigenvalue weighted by molar-refractivity contribution is -0.126. The second-order valence-corrected chi connectivity index (χ2v) is 6.23. The number of amides is 1. The van der Waals surface area contributed by atoms with Gasteiger partial charge in [-0.2, -0.15) is 0 Å². The summed E-state index contributed by atoms with van der Waals surface area (Å²) in [5.74, 6) is 0.177. The molecule has 0 bridgehead atoms. The number of piperazine rings is 1. The molecular weight excluding hydrogens is 252 g/mol. The van der Waals surface area contributed by atoms with Gasteiger partial charge in [-0.25, -0.2) is 0 Å². The molecule has 5 nitrogen and oxygen atoms in total. The predicted molar refractivity (Wildman–Crippen MR) is 81.8 cm³/mol. The zero-order chi connectivity index (χ0) is 14.4. The summed E-state index contributed by atoms with van der Waals surface area (Å²) in [6.45, 7) is 11.4. The van der Waals surface area contributed by atoms with Crippen molar-refractivity contribution in [1.82, 2.24) is 20.4 Å². The van der Waals surface area contributed by atoms with Crippen molar-refractivity contribution in [2.45, 2.75) is 45.2 Å². The highest BCUT2D eigenvalue weighted by atomic mass is 16.2. The van der Waals surface area contributed by atoms with Crippen LogP contribution < -0.4 is 10.6 Å². The van der Waals surface area contributed by atoms with Gasteiger partial charge in [-0.3, -0.25) is 9.69 Å². The van der Waals surface area contributed by atoms with Crippen LogP contribution in [-0.4, -0.2) is 73.6 Å². The standard InChI is InChI=1S/C15H30N4O/c1-13(12-18-8-4-3-5-9-18)17-15(20)14(2)19-10-6-16-7-11-19/h13-14,16H,3-12H2,1-2H3,(H,17,20). The number of carbonyl (C=O) groups excluding carboxylic acids is 1. The maximum Gasteiger partial charge on any atom is 0.237 e. The minimum Gasteiger partial charge on any atom is -0.351 e. The Bertz CT molecular complexity index is 298. The molecule has 1 amide bonds. The number of nitrogens with zero attached hydrogens (tertiary/aromatic N) is 2. The summed E-state index contributed by atoms with van der Waals surface area (Å²) in [4.78, 5) is 17.0. The quantitative estimate of drug-likeness (QED) is 0.760. The first-order valence-corrected chi connectivity index (χ1v) is 8.14. The molecule has 0 aromatic heterocycles. The number of likely N-dealkylation sites (tertiary alicyclic amines) is 1. The summed E-state index contributed by atoms with van der Waals surface area (Å²) in [6, 6.07) is 0.229. The predicted octanol–water partition coefficient (Wildman–Crippen LogP) is 0.271. The summed E-state index contributed by atoms with van der Waals surface area (Å²) >= 11 is 0. The molecule has 0 saturated carbocycles. The Morgan fingerprint density at radius 3 is 2.40 bits per heavy atom. The molecule has 0 aliphatic carbocycles. The van der Waals surface area contributed by atoms with E-state index in [4.69, 9.17) is 0 Å². The van der Waals surface area contributed by atoms with Crippen molar-refractivity contribution >= 4 is 5.91 Å². The third-order valence-corrected chi connectivity index (χ3v) is 4.45. The Hall–Kier alpha value is -0.650. The molecular formula is C15H30N4O. The minimum absolute atomic E-state index is 0.0131. The Morgan fingerprint density at radius 1 is 1.10 bits per heavy atom. The third-order valence-electron chi connectivity index (χ3n) is 4.45. The molecule has 2 atom stereocenters. The Balaban J connectivity index is 1.71. The van der Waals surface area contributed by atoms with Gasteiger partial charge in [0, 0.05) is 38.8 Å². The average molecular weight is 282 g/mol. The molecule has 2 fully saturated rings. The Kier molecular flexibility index (Phi) is 6.26. The fourth-order valence-corrected chi connectivity index (χ4v) is 3.17. The first-order chi connectivity index (χ1) is 9.66. The van der Waals surface area contributed by atoms with Gasteiger partial charge < -0.3 is 15.5 Å². The summed E-state index contributed by atoms with van der Waals surface area (Å²) in [5, 5.41) is 6.50. The molecule has 2 rings (SSSR count). The van der Waals surface area contributed by atoms with Crippen molar-refractivity contribution in [1.29, 1.82) is 0 Å². The molecule has 2 aliphatic rings. The van der Waals surface area contributed by atoms with Crippen LogP contribution >= 0.6 is 0 Å². The van der Waals surface area contributed by atoms with Gasteiger partial charge in [0.1, 0.15) is 0 Å². The average Bonchev–Trinajstić information content (AvgIpc) is 2.48. The van der Waals surface area contributed by atoms with E-state index in [0.29, 0.717) is 0 Å². The van der Waals surface area contributed by atoms with E-state index in [2.05, 4.69) is 27.4 Å². The van der Waals surface area contributed by atoms with Crippen molar-refractivity contribution in [3.8, 4) is 0 Å². The third kappa shape index (κ3) is 4.72. The van der Waals surface area contributed by atoms with E-state index in [1.165, 1.54) is 32.4 Å².